The third-order valence-electron chi connectivity index (χ3n) is 3.79. The van der Waals surface area contributed by atoms with E-state index in [1.54, 1.807) is 4.90 Å². The lowest BCUT2D eigenvalue weighted by Crippen LogP contribution is -2.37. The molecule has 2 rings (SSSR count). The molecule has 0 amide bonds. The lowest BCUT2D eigenvalue weighted by molar-refractivity contribution is 0.244. The Bertz CT molecular complexity index is 512. The van der Waals surface area contributed by atoms with Crippen LogP contribution in [-0.4, -0.2) is 35.8 Å². The molecule has 21 heavy (non-hydrogen) atoms. The molecular weight excluding hydrogens is 280 g/mol. The highest BCUT2D eigenvalue weighted by Gasteiger charge is 2.25. The van der Waals surface area contributed by atoms with Gasteiger partial charge in [0.05, 0.1) is 0 Å². The zero-order chi connectivity index (χ0) is 15.4. The second-order valence-corrected chi connectivity index (χ2v) is 5.24. The molecule has 4 N–H and O–H groups in total. The molecule has 1 heterocycles. The van der Waals surface area contributed by atoms with Crippen molar-refractivity contribution in [2.45, 2.75) is 19.3 Å². The number of benzene rings is 1. The molecular formula is C14H19F2N3O2. The number of amidine groups is 1. The van der Waals surface area contributed by atoms with Crippen LogP contribution >= 0.6 is 0 Å². The first kappa shape index (κ1) is 15.5. The predicted octanol–water partition coefficient (Wildman–Crippen LogP) is 1.66. The average Bonchev–Trinajstić information content (AvgIpc) is 2.46. The Labute approximate surface area is 121 Å². The number of oxime groups is 1. The molecule has 1 unspecified atom stereocenters. The van der Waals surface area contributed by atoms with Crippen molar-refractivity contribution >= 4 is 11.5 Å². The van der Waals surface area contributed by atoms with Crippen LogP contribution in [0.25, 0.3) is 0 Å². The third-order valence-corrected chi connectivity index (χ3v) is 3.79. The third kappa shape index (κ3) is 3.41. The van der Waals surface area contributed by atoms with Crippen LogP contribution in [0.1, 0.15) is 24.8 Å². The number of piperidine rings is 1. The van der Waals surface area contributed by atoms with Crippen molar-refractivity contribution in [1.29, 1.82) is 0 Å². The molecule has 0 radical (unpaired) electrons. The smallest absolute Gasteiger partial charge is 0.170 e. The van der Waals surface area contributed by atoms with Crippen LogP contribution in [0.3, 0.4) is 0 Å². The van der Waals surface area contributed by atoms with Gasteiger partial charge in [-0.05, 0) is 37.3 Å². The van der Waals surface area contributed by atoms with E-state index < -0.39 is 11.6 Å². The average molecular weight is 299 g/mol. The van der Waals surface area contributed by atoms with Crippen LogP contribution in [0, 0.1) is 17.6 Å². The maximum absolute atomic E-state index is 14.2. The van der Waals surface area contributed by atoms with E-state index in [1.807, 2.05) is 0 Å². The molecule has 1 aliphatic rings. The summed E-state index contributed by atoms with van der Waals surface area (Å²) in [4.78, 5) is 1.66. The summed E-state index contributed by atoms with van der Waals surface area (Å²) in [7, 11) is 0. The van der Waals surface area contributed by atoms with Gasteiger partial charge in [-0.3, -0.25) is 0 Å². The Hall–Kier alpha value is -1.89. The van der Waals surface area contributed by atoms with E-state index in [0.29, 0.717) is 19.5 Å². The summed E-state index contributed by atoms with van der Waals surface area (Å²) in [5.41, 5.74) is 5.26. The van der Waals surface area contributed by atoms with Crippen molar-refractivity contribution in [3.8, 4) is 0 Å². The molecule has 1 aromatic rings. The number of halogens is 2. The maximum Gasteiger partial charge on any atom is 0.170 e. The normalized spacial score (nSPS) is 19.9. The second kappa shape index (κ2) is 6.71. The van der Waals surface area contributed by atoms with E-state index in [2.05, 4.69) is 5.16 Å². The fourth-order valence-corrected chi connectivity index (χ4v) is 2.76. The minimum Gasteiger partial charge on any atom is -0.409 e. The highest BCUT2D eigenvalue weighted by molar-refractivity contribution is 5.97. The minimum atomic E-state index is -0.735. The Kier molecular flexibility index (Phi) is 4.95. The first-order valence-corrected chi connectivity index (χ1v) is 6.89. The number of nitrogens with two attached hydrogens (primary N) is 1. The van der Waals surface area contributed by atoms with Crippen LogP contribution < -0.4 is 10.6 Å². The summed E-state index contributed by atoms with van der Waals surface area (Å²) >= 11 is 0. The molecule has 7 heteroatoms. The zero-order valence-electron chi connectivity index (χ0n) is 11.6. The minimum absolute atomic E-state index is 0.000155. The van der Waals surface area contributed by atoms with Gasteiger partial charge >= 0.3 is 0 Å². The number of aliphatic hydroxyl groups excluding tert-OH is 1. The maximum atomic E-state index is 14.2. The molecule has 116 valence electrons. The number of aliphatic hydroxyl groups is 1. The second-order valence-electron chi connectivity index (χ2n) is 5.24. The number of anilines is 1. The van der Waals surface area contributed by atoms with Crippen LogP contribution in [0.4, 0.5) is 14.5 Å². The van der Waals surface area contributed by atoms with Gasteiger partial charge in [0, 0.05) is 25.3 Å². The fraction of sp³-hybridized carbons (Fsp3) is 0.500. The van der Waals surface area contributed by atoms with Gasteiger partial charge in [0.2, 0.25) is 0 Å². The summed E-state index contributed by atoms with van der Waals surface area (Å²) in [5.74, 6) is -1.58. The van der Waals surface area contributed by atoms with E-state index in [0.717, 1.165) is 25.0 Å². The summed E-state index contributed by atoms with van der Waals surface area (Å²) in [6, 6.07) is 2.12. The molecule has 1 aliphatic heterocycles. The van der Waals surface area contributed by atoms with E-state index >= 15 is 0 Å². The van der Waals surface area contributed by atoms with Gasteiger partial charge in [-0.2, -0.15) is 0 Å². The van der Waals surface area contributed by atoms with Gasteiger partial charge in [-0.1, -0.05) is 5.16 Å². The van der Waals surface area contributed by atoms with Crippen molar-refractivity contribution in [2.24, 2.45) is 16.8 Å². The van der Waals surface area contributed by atoms with Crippen LogP contribution in [0.5, 0.6) is 0 Å². The summed E-state index contributed by atoms with van der Waals surface area (Å²) in [5, 5.41) is 20.3. The number of hydrogen-bond acceptors (Lipinski definition) is 4. The summed E-state index contributed by atoms with van der Waals surface area (Å²) in [6.45, 7) is 1.15. The Morgan fingerprint density at radius 3 is 2.62 bits per heavy atom. The Balaban J connectivity index is 2.27. The number of hydrogen-bond donors (Lipinski definition) is 3. The van der Waals surface area contributed by atoms with Gasteiger partial charge in [-0.25, -0.2) is 8.78 Å². The van der Waals surface area contributed by atoms with Crippen molar-refractivity contribution in [3.63, 3.8) is 0 Å². The molecule has 0 aliphatic carbocycles. The van der Waals surface area contributed by atoms with Crippen LogP contribution in [0.2, 0.25) is 0 Å². The molecule has 0 saturated carbocycles. The van der Waals surface area contributed by atoms with Gasteiger partial charge in [-0.15, -0.1) is 0 Å². The molecule has 5 nitrogen and oxygen atoms in total. The SMILES string of the molecule is N/C(=N/O)c1cc(F)c(N2CCCC(CCO)C2)c(F)c1. The van der Waals surface area contributed by atoms with Crippen LogP contribution in [-0.2, 0) is 0 Å². The fourth-order valence-electron chi connectivity index (χ4n) is 2.76. The summed E-state index contributed by atoms with van der Waals surface area (Å²) < 4.78 is 28.4. The molecule has 0 bridgehead atoms. The first-order valence-electron chi connectivity index (χ1n) is 6.89. The lowest BCUT2D eigenvalue weighted by atomic mass is 9.94. The molecule has 1 fully saturated rings. The van der Waals surface area contributed by atoms with Crippen molar-refractivity contribution < 1.29 is 19.1 Å². The van der Waals surface area contributed by atoms with Gasteiger partial charge < -0.3 is 20.9 Å². The Morgan fingerprint density at radius 2 is 2.05 bits per heavy atom. The van der Waals surface area contributed by atoms with Crippen molar-refractivity contribution in [2.75, 3.05) is 24.6 Å². The lowest BCUT2D eigenvalue weighted by Gasteiger charge is -2.34. The quantitative estimate of drug-likeness (QED) is 0.342. The molecule has 1 atom stereocenters. The molecule has 1 aromatic carbocycles. The van der Waals surface area contributed by atoms with Gasteiger partial charge in [0.25, 0.3) is 0 Å². The predicted molar refractivity (Wildman–Crippen MR) is 75.5 cm³/mol. The zero-order valence-corrected chi connectivity index (χ0v) is 11.6. The van der Waals surface area contributed by atoms with Crippen LogP contribution in [0.15, 0.2) is 17.3 Å². The van der Waals surface area contributed by atoms with E-state index in [4.69, 9.17) is 16.0 Å². The van der Waals surface area contributed by atoms with Gasteiger partial charge in [0.15, 0.2) is 5.84 Å². The first-order chi connectivity index (χ1) is 10.1. The Morgan fingerprint density at radius 1 is 1.38 bits per heavy atom. The summed E-state index contributed by atoms with van der Waals surface area (Å²) in [6.07, 6.45) is 2.40. The van der Waals surface area contributed by atoms with Crippen molar-refractivity contribution in [3.05, 3.63) is 29.3 Å². The number of nitrogens with zero attached hydrogens (tertiary/aromatic N) is 2. The topological polar surface area (TPSA) is 82.1 Å². The monoisotopic (exact) mass is 299 g/mol. The molecule has 0 spiro atoms. The molecule has 1 saturated heterocycles. The highest BCUT2D eigenvalue weighted by Crippen LogP contribution is 2.30. The molecule has 0 aromatic heterocycles. The van der Waals surface area contributed by atoms with E-state index in [-0.39, 0.29) is 29.6 Å². The van der Waals surface area contributed by atoms with E-state index in [1.165, 1.54) is 0 Å². The number of rotatable bonds is 4. The van der Waals surface area contributed by atoms with E-state index in [9.17, 15) is 8.78 Å². The van der Waals surface area contributed by atoms with Gasteiger partial charge in [0.1, 0.15) is 17.3 Å². The van der Waals surface area contributed by atoms with Crippen molar-refractivity contribution in [1.82, 2.24) is 0 Å². The largest absolute Gasteiger partial charge is 0.409 e. The standard InChI is InChI=1S/C14H19F2N3O2/c15-11-6-10(14(17)18-21)7-12(16)13(11)19-4-1-2-9(8-19)3-5-20/h6-7,9,20-21H,1-5,8H2,(H2,17,18). The highest BCUT2D eigenvalue weighted by atomic mass is 19.1.